The van der Waals surface area contributed by atoms with E-state index in [9.17, 15) is 9.59 Å². The maximum absolute atomic E-state index is 10.9. The average molecular weight is 237 g/mol. The number of hydrogen-bond donors (Lipinski definition) is 4. The number of aromatic nitrogens is 1. The highest BCUT2D eigenvalue weighted by Crippen LogP contribution is 2.18. The van der Waals surface area contributed by atoms with E-state index in [1.807, 2.05) is 0 Å². The first-order chi connectivity index (χ1) is 7.99. The summed E-state index contributed by atoms with van der Waals surface area (Å²) < 4.78 is 4.84. The van der Waals surface area contributed by atoms with Crippen molar-refractivity contribution in [3.63, 3.8) is 0 Å². The summed E-state index contributed by atoms with van der Waals surface area (Å²) in [5, 5.41) is 8.75. The van der Waals surface area contributed by atoms with Crippen molar-refractivity contribution >= 4 is 17.1 Å². The molecule has 90 valence electrons. The number of carboxylic acid groups (broad SMARTS) is 1. The maximum atomic E-state index is 10.9. The lowest BCUT2D eigenvalue weighted by atomic mass is 10.0. The normalized spacial score (nSPS) is 14.7. The zero-order valence-corrected chi connectivity index (χ0v) is 8.71. The molecule has 2 rings (SSSR count). The molecule has 2 atom stereocenters. The van der Waals surface area contributed by atoms with E-state index < -0.39 is 23.8 Å². The molecule has 1 aromatic heterocycles. The third-order valence-corrected chi connectivity index (χ3v) is 2.50. The predicted octanol–water partition coefficient (Wildman–Crippen LogP) is -0.467. The van der Waals surface area contributed by atoms with Crippen LogP contribution in [-0.4, -0.2) is 22.1 Å². The summed E-state index contributed by atoms with van der Waals surface area (Å²) >= 11 is 0. The van der Waals surface area contributed by atoms with Gasteiger partial charge in [-0.25, -0.2) is 4.79 Å². The summed E-state index contributed by atoms with van der Waals surface area (Å²) in [4.78, 5) is 24.1. The van der Waals surface area contributed by atoms with Crippen molar-refractivity contribution in [1.29, 1.82) is 0 Å². The summed E-state index contributed by atoms with van der Waals surface area (Å²) in [5.41, 5.74) is 12.5. The molecule has 0 aliphatic heterocycles. The fourth-order valence-electron chi connectivity index (χ4n) is 1.53. The molecule has 1 aromatic carbocycles. The molecule has 17 heavy (non-hydrogen) atoms. The Hall–Kier alpha value is -2.12. The van der Waals surface area contributed by atoms with Gasteiger partial charge in [-0.1, -0.05) is 6.07 Å². The zero-order valence-electron chi connectivity index (χ0n) is 8.71. The standard InChI is InChI=1S/C10H11N3O4/c11-7(8(12)9(14)15)4-1-2-5-6(3-4)17-10(16)13-5/h1-3,7-8H,11-12H2,(H,13,16)(H,14,15). The van der Waals surface area contributed by atoms with E-state index in [4.69, 9.17) is 21.0 Å². The maximum Gasteiger partial charge on any atom is 0.417 e. The number of oxazole rings is 1. The van der Waals surface area contributed by atoms with Crippen molar-refractivity contribution in [2.75, 3.05) is 0 Å². The molecular weight excluding hydrogens is 226 g/mol. The monoisotopic (exact) mass is 237 g/mol. The molecule has 0 aliphatic rings. The van der Waals surface area contributed by atoms with Crippen molar-refractivity contribution in [2.24, 2.45) is 11.5 Å². The molecule has 0 bridgehead atoms. The van der Waals surface area contributed by atoms with Crippen molar-refractivity contribution in [2.45, 2.75) is 12.1 Å². The smallest absolute Gasteiger partial charge is 0.417 e. The first-order valence-electron chi connectivity index (χ1n) is 4.86. The number of carbonyl (C=O) groups is 1. The summed E-state index contributed by atoms with van der Waals surface area (Å²) in [7, 11) is 0. The molecule has 0 aliphatic carbocycles. The molecule has 0 spiro atoms. The topological polar surface area (TPSA) is 135 Å². The lowest BCUT2D eigenvalue weighted by Crippen LogP contribution is -2.40. The summed E-state index contributed by atoms with van der Waals surface area (Å²) in [6.45, 7) is 0. The highest BCUT2D eigenvalue weighted by atomic mass is 16.4. The van der Waals surface area contributed by atoms with E-state index in [1.165, 1.54) is 6.07 Å². The van der Waals surface area contributed by atoms with Gasteiger partial charge in [-0.15, -0.1) is 0 Å². The number of H-pyrrole nitrogens is 1. The van der Waals surface area contributed by atoms with Gasteiger partial charge in [0.1, 0.15) is 6.04 Å². The molecule has 7 heteroatoms. The molecular formula is C10H11N3O4. The number of benzene rings is 1. The number of carboxylic acids is 1. The molecule has 0 saturated carbocycles. The Morgan fingerprint density at radius 3 is 2.76 bits per heavy atom. The zero-order chi connectivity index (χ0) is 12.6. The Bertz CT molecular complexity index is 615. The van der Waals surface area contributed by atoms with Gasteiger partial charge in [0.05, 0.1) is 11.6 Å². The number of aromatic amines is 1. The van der Waals surface area contributed by atoms with Crippen LogP contribution in [0.1, 0.15) is 11.6 Å². The second kappa shape index (κ2) is 4.04. The minimum atomic E-state index is -1.21. The molecule has 0 amide bonds. The number of nitrogens with two attached hydrogens (primary N) is 2. The Balaban J connectivity index is 2.42. The van der Waals surface area contributed by atoms with E-state index in [0.717, 1.165) is 0 Å². The van der Waals surface area contributed by atoms with Gasteiger partial charge in [0, 0.05) is 0 Å². The quantitative estimate of drug-likeness (QED) is 0.570. The summed E-state index contributed by atoms with van der Waals surface area (Å²) in [5.74, 6) is -1.76. The van der Waals surface area contributed by atoms with Gasteiger partial charge >= 0.3 is 11.7 Å². The van der Waals surface area contributed by atoms with Crippen LogP contribution in [0.4, 0.5) is 0 Å². The van der Waals surface area contributed by atoms with Crippen LogP contribution in [0.3, 0.4) is 0 Å². The van der Waals surface area contributed by atoms with Crippen LogP contribution in [0.25, 0.3) is 11.1 Å². The first kappa shape index (κ1) is 11.4. The molecule has 7 nitrogen and oxygen atoms in total. The van der Waals surface area contributed by atoms with Crippen LogP contribution in [0.5, 0.6) is 0 Å². The average Bonchev–Trinajstić information content (AvgIpc) is 2.65. The number of nitrogens with one attached hydrogen (secondary N) is 1. The second-order valence-electron chi connectivity index (χ2n) is 3.66. The van der Waals surface area contributed by atoms with Crippen molar-refractivity contribution in [3.8, 4) is 0 Å². The van der Waals surface area contributed by atoms with Crippen molar-refractivity contribution < 1.29 is 14.3 Å². The lowest BCUT2D eigenvalue weighted by Gasteiger charge is -2.15. The van der Waals surface area contributed by atoms with Crippen LogP contribution in [0, 0.1) is 0 Å². The number of rotatable bonds is 3. The molecule has 2 aromatic rings. The van der Waals surface area contributed by atoms with Crippen molar-refractivity contribution in [1.82, 2.24) is 4.98 Å². The minimum Gasteiger partial charge on any atom is -0.480 e. The molecule has 1 heterocycles. The minimum absolute atomic E-state index is 0.320. The SMILES string of the molecule is NC(C(=O)O)C(N)c1ccc2[nH]c(=O)oc2c1. The van der Waals surface area contributed by atoms with E-state index in [-0.39, 0.29) is 0 Å². The van der Waals surface area contributed by atoms with E-state index >= 15 is 0 Å². The van der Waals surface area contributed by atoms with Crippen LogP contribution in [-0.2, 0) is 4.79 Å². The number of fused-ring (bicyclic) bond motifs is 1. The van der Waals surface area contributed by atoms with Gasteiger partial charge in [0.25, 0.3) is 0 Å². The molecule has 0 fully saturated rings. The van der Waals surface area contributed by atoms with Gasteiger partial charge in [-0.2, -0.15) is 0 Å². The van der Waals surface area contributed by atoms with Crippen LogP contribution in [0.2, 0.25) is 0 Å². The number of aliphatic carboxylic acids is 1. The second-order valence-corrected chi connectivity index (χ2v) is 3.66. The van der Waals surface area contributed by atoms with Gasteiger partial charge < -0.3 is 21.0 Å². The Morgan fingerprint density at radius 2 is 2.12 bits per heavy atom. The first-order valence-corrected chi connectivity index (χ1v) is 4.86. The lowest BCUT2D eigenvalue weighted by molar-refractivity contribution is -0.139. The van der Waals surface area contributed by atoms with Gasteiger partial charge in [-0.05, 0) is 17.7 Å². The van der Waals surface area contributed by atoms with E-state index in [1.54, 1.807) is 12.1 Å². The van der Waals surface area contributed by atoms with Gasteiger partial charge in [-0.3, -0.25) is 9.78 Å². The van der Waals surface area contributed by atoms with Crippen LogP contribution >= 0.6 is 0 Å². The Kier molecular flexibility index (Phi) is 2.70. The predicted molar refractivity (Wildman–Crippen MR) is 59.4 cm³/mol. The van der Waals surface area contributed by atoms with E-state index in [0.29, 0.717) is 16.7 Å². The number of hydrogen-bond acceptors (Lipinski definition) is 5. The highest BCUT2D eigenvalue weighted by Gasteiger charge is 2.22. The summed E-state index contributed by atoms with van der Waals surface area (Å²) in [6, 6.07) is 2.61. The molecule has 0 radical (unpaired) electrons. The molecule has 0 saturated heterocycles. The molecule has 6 N–H and O–H groups in total. The molecule has 2 unspecified atom stereocenters. The highest BCUT2D eigenvalue weighted by molar-refractivity contribution is 5.76. The van der Waals surface area contributed by atoms with Crippen molar-refractivity contribution in [3.05, 3.63) is 34.3 Å². The largest absolute Gasteiger partial charge is 0.480 e. The van der Waals surface area contributed by atoms with E-state index in [2.05, 4.69) is 4.98 Å². The third kappa shape index (κ3) is 2.05. The fraction of sp³-hybridized carbons (Fsp3) is 0.200. The summed E-state index contributed by atoms with van der Waals surface area (Å²) in [6.07, 6.45) is 0. The van der Waals surface area contributed by atoms with Crippen LogP contribution in [0.15, 0.2) is 27.4 Å². The van der Waals surface area contributed by atoms with Gasteiger partial charge in [0.15, 0.2) is 5.58 Å². The Morgan fingerprint density at radius 1 is 1.41 bits per heavy atom. The van der Waals surface area contributed by atoms with Crippen LogP contribution < -0.4 is 17.2 Å². The fourth-order valence-corrected chi connectivity index (χ4v) is 1.53. The third-order valence-electron chi connectivity index (χ3n) is 2.50. The Labute approximate surface area is 95.0 Å². The van der Waals surface area contributed by atoms with Gasteiger partial charge in [0.2, 0.25) is 0 Å².